The van der Waals surface area contributed by atoms with Crippen LogP contribution in [-0.2, 0) is 36.8 Å². The summed E-state index contributed by atoms with van der Waals surface area (Å²) < 4.78 is 0. The van der Waals surface area contributed by atoms with Crippen molar-refractivity contribution in [3.63, 3.8) is 0 Å². The van der Waals surface area contributed by atoms with Gasteiger partial charge in [0.1, 0.15) is 23.9 Å². The van der Waals surface area contributed by atoms with Crippen LogP contribution in [0.5, 0.6) is 5.75 Å². The van der Waals surface area contributed by atoms with E-state index in [1.165, 1.54) is 12.1 Å². The first-order valence-corrected chi connectivity index (χ1v) is 13.1. The first-order chi connectivity index (χ1) is 20.0. The van der Waals surface area contributed by atoms with E-state index in [9.17, 15) is 39.3 Å². The Bertz CT molecular complexity index is 1420. The Morgan fingerprint density at radius 3 is 2.10 bits per heavy atom. The minimum Gasteiger partial charge on any atom is -0.508 e. The van der Waals surface area contributed by atoms with Crippen molar-refractivity contribution >= 4 is 40.5 Å². The van der Waals surface area contributed by atoms with Crippen molar-refractivity contribution in [1.29, 1.82) is 0 Å². The molecule has 0 radical (unpaired) electrons. The van der Waals surface area contributed by atoms with Gasteiger partial charge in [0.25, 0.3) is 0 Å². The van der Waals surface area contributed by atoms with Crippen molar-refractivity contribution in [2.24, 2.45) is 11.5 Å². The van der Waals surface area contributed by atoms with E-state index in [0.29, 0.717) is 11.1 Å². The Hall–Kier alpha value is -4.95. The molecule has 14 heteroatoms. The third-order valence-corrected chi connectivity index (χ3v) is 6.57. The van der Waals surface area contributed by atoms with Crippen LogP contribution in [0.25, 0.3) is 10.9 Å². The van der Waals surface area contributed by atoms with Gasteiger partial charge in [0.15, 0.2) is 0 Å². The average molecular weight is 583 g/mol. The van der Waals surface area contributed by atoms with E-state index in [4.69, 9.17) is 11.5 Å². The number of aromatic hydroxyl groups is 1. The molecule has 4 unspecified atom stereocenters. The van der Waals surface area contributed by atoms with E-state index < -0.39 is 60.4 Å². The lowest BCUT2D eigenvalue weighted by Gasteiger charge is -2.24. The lowest BCUT2D eigenvalue weighted by molar-refractivity contribution is -0.143. The summed E-state index contributed by atoms with van der Waals surface area (Å²) in [7, 11) is 0. The topological polar surface area (TPSA) is 250 Å². The van der Waals surface area contributed by atoms with Gasteiger partial charge in [0.2, 0.25) is 23.6 Å². The van der Waals surface area contributed by atoms with Gasteiger partial charge < -0.3 is 47.7 Å². The smallest absolute Gasteiger partial charge is 0.326 e. The number of carbonyl (C=O) groups excluding carboxylic acids is 4. The number of phenols is 1. The molecule has 0 saturated carbocycles. The molecule has 0 aliphatic rings. The maximum Gasteiger partial charge on any atom is 0.326 e. The monoisotopic (exact) mass is 582 g/mol. The summed E-state index contributed by atoms with van der Waals surface area (Å²) in [4.78, 5) is 64.8. The maximum atomic E-state index is 13.4. The van der Waals surface area contributed by atoms with Gasteiger partial charge in [-0.15, -0.1) is 0 Å². The molecule has 4 amide bonds. The largest absolute Gasteiger partial charge is 0.508 e. The van der Waals surface area contributed by atoms with Crippen LogP contribution in [0.3, 0.4) is 0 Å². The SMILES string of the molecule is NC(=O)CCC(NC(=O)C(CO)NC(=O)C(Cc1c[nH]c2ccccc12)NC(=O)C(N)Cc1ccc(O)cc1)C(=O)O. The second-order valence-corrected chi connectivity index (χ2v) is 9.75. The maximum absolute atomic E-state index is 13.4. The summed E-state index contributed by atoms with van der Waals surface area (Å²) in [6.07, 6.45) is 1.18. The normalized spacial score (nSPS) is 13.9. The highest BCUT2D eigenvalue weighted by Crippen LogP contribution is 2.19. The molecule has 42 heavy (non-hydrogen) atoms. The van der Waals surface area contributed by atoms with Crippen LogP contribution in [0.4, 0.5) is 0 Å². The van der Waals surface area contributed by atoms with E-state index in [2.05, 4.69) is 20.9 Å². The Balaban J connectivity index is 1.77. The van der Waals surface area contributed by atoms with Gasteiger partial charge in [0, 0.05) is 29.9 Å². The van der Waals surface area contributed by atoms with Gasteiger partial charge in [-0.05, 0) is 42.2 Å². The molecule has 0 spiro atoms. The van der Waals surface area contributed by atoms with Crippen molar-refractivity contribution in [1.82, 2.24) is 20.9 Å². The molecule has 0 saturated heterocycles. The molecule has 0 fully saturated rings. The quantitative estimate of drug-likeness (QED) is 0.104. The molecule has 0 aliphatic carbocycles. The molecule has 0 aliphatic heterocycles. The molecule has 1 aromatic heterocycles. The number of aromatic amines is 1. The predicted octanol–water partition coefficient (Wildman–Crippen LogP) is -1.22. The summed E-state index contributed by atoms with van der Waals surface area (Å²) in [6.45, 7) is -0.881. The summed E-state index contributed by atoms with van der Waals surface area (Å²) in [5.41, 5.74) is 13.3. The van der Waals surface area contributed by atoms with Crippen molar-refractivity contribution in [3.05, 3.63) is 65.9 Å². The van der Waals surface area contributed by atoms with E-state index in [0.717, 1.165) is 10.9 Å². The number of hydrogen-bond donors (Lipinski definition) is 9. The number of carboxylic acids is 1. The van der Waals surface area contributed by atoms with Crippen LogP contribution >= 0.6 is 0 Å². The summed E-state index contributed by atoms with van der Waals surface area (Å²) in [5.74, 6) is -4.64. The number of phenolic OH excluding ortho intramolecular Hbond substituents is 1. The first kappa shape index (κ1) is 31.6. The number of aromatic nitrogens is 1. The fraction of sp³-hybridized carbons (Fsp3) is 0.321. The Morgan fingerprint density at radius 1 is 0.833 bits per heavy atom. The number of para-hydroxylation sites is 1. The molecule has 224 valence electrons. The zero-order valence-corrected chi connectivity index (χ0v) is 22.6. The zero-order valence-electron chi connectivity index (χ0n) is 22.6. The van der Waals surface area contributed by atoms with Gasteiger partial charge in [0.05, 0.1) is 12.6 Å². The van der Waals surface area contributed by atoms with E-state index >= 15 is 0 Å². The number of hydrogen-bond acceptors (Lipinski definition) is 8. The molecule has 11 N–H and O–H groups in total. The Kier molecular flexibility index (Phi) is 11.0. The first-order valence-electron chi connectivity index (χ1n) is 13.1. The number of aliphatic carboxylic acids is 1. The van der Waals surface area contributed by atoms with Crippen LogP contribution in [0.2, 0.25) is 0 Å². The molecule has 1 heterocycles. The number of fused-ring (bicyclic) bond motifs is 1. The molecule has 2 aromatic carbocycles. The highest BCUT2D eigenvalue weighted by Gasteiger charge is 2.31. The van der Waals surface area contributed by atoms with Crippen LogP contribution in [0.1, 0.15) is 24.0 Å². The lowest BCUT2D eigenvalue weighted by Crippen LogP contribution is -2.58. The number of nitrogens with one attached hydrogen (secondary N) is 4. The Morgan fingerprint density at radius 2 is 1.45 bits per heavy atom. The number of nitrogens with two attached hydrogens (primary N) is 2. The van der Waals surface area contributed by atoms with Crippen LogP contribution in [-0.4, -0.2) is 80.7 Å². The second kappa shape index (κ2) is 14.6. The summed E-state index contributed by atoms with van der Waals surface area (Å²) >= 11 is 0. The number of rotatable bonds is 15. The third kappa shape index (κ3) is 8.78. The highest BCUT2D eigenvalue weighted by molar-refractivity contribution is 5.95. The fourth-order valence-corrected chi connectivity index (χ4v) is 4.27. The number of H-pyrrole nitrogens is 1. The van der Waals surface area contributed by atoms with E-state index in [-0.39, 0.29) is 31.4 Å². The lowest BCUT2D eigenvalue weighted by atomic mass is 10.0. The Labute approximate surface area is 240 Å². The summed E-state index contributed by atoms with van der Waals surface area (Å²) in [6, 6.07) is 8.07. The van der Waals surface area contributed by atoms with E-state index in [1.54, 1.807) is 18.3 Å². The number of aliphatic hydroxyl groups is 1. The molecule has 3 rings (SSSR count). The molecule has 14 nitrogen and oxygen atoms in total. The molecule has 3 aromatic rings. The van der Waals surface area contributed by atoms with Crippen molar-refractivity contribution in [2.75, 3.05) is 6.61 Å². The number of carboxylic acid groups (broad SMARTS) is 1. The number of benzene rings is 2. The fourth-order valence-electron chi connectivity index (χ4n) is 4.27. The second-order valence-electron chi connectivity index (χ2n) is 9.75. The minimum atomic E-state index is -1.57. The molecular formula is C28H34N6O8. The van der Waals surface area contributed by atoms with Gasteiger partial charge in [-0.3, -0.25) is 19.2 Å². The number of aliphatic hydroxyl groups excluding tert-OH is 1. The third-order valence-electron chi connectivity index (χ3n) is 6.57. The van der Waals surface area contributed by atoms with Gasteiger partial charge in [-0.25, -0.2) is 4.79 Å². The van der Waals surface area contributed by atoms with Crippen LogP contribution in [0, 0.1) is 0 Å². The molecule has 0 bridgehead atoms. The number of primary amides is 1. The van der Waals surface area contributed by atoms with Gasteiger partial charge in [-0.2, -0.15) is 0 Å². The number of carbonyl (C=O) groups is 5. The van der Waals surface area contributed by atoms with E-state index in [1.807, 2.05) is 24.3 Å². The van der Waals surface area contributed by atoms with Gasteiger partial charge in [-0.1, -0.05) is 30.3 Å². The standard InChI is InChI=1S/C28H34N6O8/c29-19(11-15-5-7-17(36)8-6-15)25(38)33-22(12-16-13-31-20-4-2-1-3-18(16)20)26(39)34-23(14-35)27(40)32-21(28(41)42)9-10-24(30)37/h1-8,13,19,21-23,31,35-36H,9-12,14,29H2,(H2,30,37)(H,32,40)(H,33,38)(H,34,39)(H,41,42). The highest BCUT2D eigenvalue weighted by atomic mass is 16.4. The van der Waals surface area contributed by atoms with Crippen LogP contribution in [0.15, 0.2) is 54.7 Å². The zero-order chi connectivity index (χ0) is 30.8. The minimum absolute atomic E-state index is 0.0103. The van der Waals surface area contributed by atoms with Crippen molar-refractivity contribution < 1.29 is 39.3 Å². The molecule has 4 atom stereocenters. The van der Waals surface area contributed by atoms with Crippen molar-refractivity contribution in [3.8, 4) is 5.75 Å². The summed E-state index contributed by atoms with van der Waals surface area (Å²) in [5, 5.41) is 36.6. The molecular weight excluding hydrogens is 548 g/mol. The predicted molar refractivity (Wildman–Crippen MR) is 151 cm³/mol. The van der Waals surface area contributed by atoms with Gasteiger partial charge >= 0.3 is 5.97 Å². The van der Waals surface area contributed by atoms with Crippen LogP contribution < -0.4 is 27.4 Å². The van der Waals surface area contributed by atoms with Crippen molar-refractivity contribution in [2.45, 2.75) is 49.9 Å². The number of amides is 4. The average Bonchev–Trinajstić information content (AvgIpc) is 3.36.